The van der Waals surface area contributed by atoms with Gasteiger partial charge in [0.25, 0.3) is 0 Å². The molecule has 2 aliphatic heterocycles. The van der Waals surface area contributed by atoms with E-state index < -0.39 is 17.6 Å². The second-order valence-corrected chi connectivity index (χ2v) is 10.9. The van der Waals surface area contributed by atoms with Gasteiger partial charge in [-0.25, -0.2) is 4.79 Å². The first kappa shape index (κ1) is 30.1. The Labute approximate surface area is 226 Å². The molecule has 1 spiro atoms. The van der Waals surface area contributed by atoms with Gasteiger partial charge in [-0.1, -0.05) is 19.9 Å². The number of piperidine rings is 1. The van der Waals surface area contributed by atoms with Gasteiger partial charge < -0.3 is 14.9 Å². The van der Waals surface area contributed by atoms with Gasteiger partial charge in [-0.2, -0.15) is 18.3 Å². The van der Waals surface area contributed by atoms with Crippen LogP contribution in [0.5, 0.6) is 0 Å². The summed E-state index contributed by atoms with van der Waals surface area (Å²) in [5.74, 6) is -2.20. The number of carboxylic acids is 1. The van der Waals surface area contributed by atoms with E-state index in [2.05, 4.69) is 37.8 Å². The molecule has 0 saturated carbocycles. The zero-order valence-electron chi connectivity index (χ0n) is 22.7. The van der Waals surface area contributed by atoms with Gasteiger partial charge in [-0.3, -0.25) is 19.3 Å². The van der Waals surface area contributed by atoms with Crippen LogP contribution in [0.2, 0.25) is 0 Å². The van der Waals surface area contributed by atoms with Crippen molar-refractivity contribution in [3.05, 3.63) is 48.0 Å². The zero-order chi connectivity index (χ0) is 29.0. The number of carbonyl (C=O) groups excluding carboxylic acids is 2. The Bertz CT molecular complexity index is 1150. The van der Waals surface area contributed by atoms with Crippen LogP contribution >= 0.6 is 0 Å². The second kappa shape index (κ2) is 12.2. The summed E-state index contributed by atoms with van der Waals surface area (Å²) in [6.45, 7) is 10.7. The number of pyridine rings is 1. The Morgan fingerprint density at radius 3 is 2.44 bits per heavy atom. The number of nitrogens with zero attached hydrogens (tertiary/aromatic N) is 5. The highest BCUT2D eigenvalue weighted by atomic mass is 19.4. The van der Waals surface area contributed by atoms with Crippen molar-refractivity contribution in [3.63, 3.8) is 0 Å². The summed E-state index contributed by atoms with van der Waals surface area (Å²) in [4.78, 5) is 44.2. The number of alkyl halides is 3. The molecule has 0 unspecified atom stereocenters. The Morgan fingerprint density at radius 2 is 1.87 bits per heavy atom. The SMILES string of the molecule is CC(C)CC(=O)N1C[C@@H](c2ccnn2C(C)C)[C@@]2(CCCN(Cc3cccnc3)C2=O)C1.O=C(O)C(F)(F)F. The van der Waals surface area contributed by atoms with Gasteiger partial charge in [0, 0.05) is 68.8 Å². The third-order valence-corrected chi connectivity index (χ3v) is 7.13. The number of aliphatic carboxylic acids is 1. The van der Waals surface area contributed by atoms with Crippen LogP contribution < -0.4 is 0 Å². The number of hydrogen-bond acceptors (Lipinski definition) is 5. The topological polar surface area (TPSA) is 109 Å². The largest absolute Gasteiger partial charge is 0.490 e. The summed E-state index contributed by atoms with van der Waals surface area (Å²) >= 11 is 0. The van der Waals surface area contributed by atoms with Gasteiger partial charge >= 0.3 is 12.1 Å². The van der Waals surface area contributed by atoms with Crippen LogP contribution in [-0.2, 0) is 20.9 Å². The van der Waals surface area contributed by atoms with Gasteiger partial charge in [0.1, 0.15) is 0 Å². The number of hydrogen-bond donors (Lipinski definition) is 1. The fraction of sp³-hybridized carbons (Fsp3) is 0.593. The minimum absolute atomic E-state index is 0.0484. The molecule has 39 heavy (non-hydrogen) atoms. The number of likely N-dealkylation sites (tertiary alicyclic amines) is 2. The quantitative estimate of drug-likeness (QED) is 0.574. The average molecular weight is 552 g/mol. The van der Waals surface area contributed by atoms with Crippen LogP contribution in [0.25, 0.3) is 0 Å². The number of halogens is 3. The summed E-state index contributed by atoms with van der Waals surface area (Å²) in [6, 6.07) is 6.16. The maximum atomic E-state index is 14.1. The molecule has 2 fully saturated rings. The van der Waals surface area contributed by atoms with Crippen LogP contribution in [0.4, 0.5) is 13.2 Å². The highest BCUT2D eigenvalue weighted by molar-refractivity contribution is 5.87. The number of amides is 2. The molecular formula is C27H36F3N5O4. The lowest BCUT2D eigenvalue weighted by Crippen LogP contribution is -2.52. The number of rotatable bonds is 6. The first-order valence-corrected chi connectivity index (χ1v) is 13.1. The molecule has 9 nitrogen and oxygen atoms in total. The molecule has 1 N–H and O–H groups in total. The minimum Gasteiger partial charge on any atom is -0.475 e. The maximum Gasteiger partial charge on any atom is 0.490 e. The minimum atomic E-state index is -5.08. The fourth-order valence-corrected chi connectivity index (χ4v) is 5.43. The molecule has 12 heteroatoms. The Hall–Kier alpha value is -3.44. The molecule has 2 atom stereocenters. The molecule has 2 aromatic heterocycles. The van der Waals surface area contributed by atoms with Crippen molar-refractivity contribution in [1.29, 1.82) is 0 Å². The van der Waals surface area contributed by atoms with Crippen molar-refractivity contribution in [1.82, 2.24) is 24.6 Å². The molecule has 0 aliphatic carbocycles. The van der Waals surface area contributed by atoms with Crippen molar-refractivity contribution in [2.45, 2.75) is 71.6 Å². The molecular weight excluding hydrogens is 515 g/mol. The van der Waals surface area contributed by atoms with E-state index in [0.717, 1.165) is 30.6 Å². The maximum absolute atomic E-state index is 14.1. The van der Waals surface area contributed by atoms with Gasteiger partial charge in [-0.15, -0.1) is 0 Å². The first-order valence-electron chi connectivity index (χ1n) is 13.1. The smallest absolute Gasteiger partial charge is 0.475 e. The Morgan fingerprint density at radius 1 is 1.18 bits per heavy atom. The number of carboxylic acid groups (broad SMARTS) is 1. The van der Waals surface area contributed by atoms with Crippen molar-refractivity contribution in [2.75, 3.05) is 19.6 Å². The van der Waals surface area contributed by atoms with Crippen molar-refractivity contribution < 1.29 is 32.7 Å². The summed E-state index contributed by atoms with van der Waals surface area (Å²) in [6.07, 6.45) is 2.57. The van der Waals surface area contributed by atoms with E-state index in [1.807, 2.05) is 45.1 Å². The van der Waals surface area contributed by atoms with E-state index in [4.69, 9.17) is 9.90 Å². The molecule has 2 aromatic rings. The molecule has 2 saturated heterocycles. The van der Waals surface area contributed by atoms with Gasteiger partial charge in [0.2, 0.25) is 11.8 Å². The Kier molecular flexibility index (Phi) is 9.39. The van der Waals surface area contributed by atoms with E-state index in [1.165, 1.54) is 0 Å². The van der Waals surface area contributed by atoms with E-state index in [0.29, 0.717) is 32.0 Å². The lowest BCUT2D eigenvalue weighted by Gasteiger charge is -2.42. The third-order valence-electron chi connectivity index (χ3n) is 7.13. The molecule has 4 heterocycles. The number of aromatic nitrogens is 3. The van der Waals surface area contributed by atoms with E-state index in [-0.39, 0.29) is 23.8 Å². The second-order valence-electron chi connectivity index (χ2n) is 10.9. The number of carbonyl (C=O) groups is 3. The lowest BCUT2D eigenvalue weighted by atomic mass is 9.70. The Balaban J connectivity index is 0.000000532. The highest BCUT2D eigenvalue weighted by Gasteiger charge is 2.57. The van der Waals surface area contributed by atoms with Crippen LogP contribution in [0.1, 0.15) is 70.2 Å². The van der Waals surface area contributed by atoms with Gasteiger partial charge in [0.15, 0.2) is 0 Å². The van der Waals surface area contributed by atoms with E-state index in [9.17, 15) is 22.8 Å². The third kappa shape index (κ3) is 6.96. The van der Waals surface area contributed by atoms with Crippen molar-refractivity contribution in [3.8, 4) is 0 Å². The summed E-state index contributed by atoms with van der Waals surface area (Å²) in [5, 5.41) is 11.7. The zero-order valence-corrected chi connectivity index (χ0v) is 22.7. The predicted molar refractivity (Wildman–Crippen MR) is 136 cm³/mol. The predicted octanol–water partition coefficient (Wildman–Crippen LogP) is 4.27. The van der Waals surface area contributed by atoms with Gasteiger partial charge in [-0.05, 0) is 50.3 Å². The van der Waals surface area contributed by atoms with Crippen LogP contribution in [0.15, 0.2) is 36.8 Å². The van der Waals surface area contributed by atoms with E-state index in [1.54, 1.807) is 6.20 Å². The normalized spacial score (nSPS) is 21.5. The molecule has 2 amide bonds. The first-order chi connectivity index (χ1) is 18.3. The standard InChI is InChI=1S/C25H35N5O2.C2HF3O2/c1-18(2)13-23(31)29-16-21(22-8-11-27-30(22)19(3)4)25(17-29)9-6-12-28(24(25)32)15-20-7-5-10-26-14-20;3-2(4,5)1(6)7/h5,7-8,10-11,14,18-19,21H,6,9,12-13,15-17H2,1-4H3;(H,6,7)/t21-,25+;/m0./s1. The van der Waals surface area contributed by atoms with E-state index >= 15 is 0 Å². The van der Waals surface area contributed by atoms with Crippen LogP contribution in [0.3, 0.4) is 0 Å². The molecule has 2 aliphatic rings. The highest BCUT2D eigenvalue weighted by Crippen LogP contribution is 2.50. The van der Waals surface area contributed by atoms with Crippen molar-refractivity contribution >= 4 is 17.8 Å². The van der Waals surface area contributed by atoms with Crippen LogP contribution in [-0.4, -0.2) is 73.3 Å². The summed E-state index contributed by atoms with van der Waals surface area (Å²) in [7, 11) is 0. The van der Waals surface area contributed by atoms with Crippen LogP contribution in [0, 0.1) is 11.3 Å². The molecule has 214 valence electrons. The summed E-state index contributed by atoms with van der Waals surface area (Å²) < 4.78 is 33.8. The monoisotopic (exact) mass is 551 g/mol. The molecule has 0 radical (unpaired) electrons. The molecule has 0 aromatic carbocycles. The molecule has 0 bridgehead atoms. The average Bonchev–Trinajstić information content (AvgIpc) is 3.48. The lowest BCUT2D eigenvalue weighted by molar-refractivity contribution is -0.192. The molecule has 4 rings (SSSR count). The van der Waals surface area contributed by atoms with Gasteiger partial charge in [0.05, 0.1) is 5.41 Å². The fourth-order valence-electron chi connectivity index (χ4n) is 5.43. The van der Waals surface area contributed by atoms with Crippen molar-refractivity contribution in [2.24, 2.45) is 11.3 Å². The summed E-state index contributed by atoms with van der Waals surface area (Å²) in [5.41, 5.74) is 1.50.